The number of nitrogens with one attached hydrogen (secondary N) is 2. The fraction of sp³-hybridized carbons (Fsp3) is 0.500. The van der Waals surface area contributed by atoms with Gasteiger partial charge in [0, 0.05) is 6.07 Å². The molecule has 0 amide bonds. The molecule has 0 aromatic carbocycles. The molecule has 0 aliphatic rings. The molecule has 8 heteroatoms. The first-order valence-corrected chi connectivity index (χ1v) is 6.06. The molecule has 20 heavy (non-hydrogen) atoms. The molecule has 1 atom stereocenters. The molecule has 0 radical (unpaired) electrons. The summed E-state index contributed by atoms with van der Waals surface area (Å²) in [6.07, 6.45) is 0.413. The van der Waals surface area contributed by atoms with Crippen molar-refractivity contribution < 1.29 is 18.3 Å². The van der Waals surface area contributed by atoms with E-state index in [1.54, 1.807) is 0 Å². The van der Waals surface area contributed by atoms with Gasteiger partial charge in [0.25, 0.3) is 0 Å². The number of hydrogen-bond donors (Lipinski definition) is 3. The number of pyridine rings is 1. The third-order valence-electron chi connectivity index (χ3n) is 2.57. The van der Waals surface area contributed by atoms with E-state index >= 15 is 0 Å². The molecule has 1 unspecified atom stereocenters. The van der Waals surface area contributed by atoms with Crippen LogP contribution in [0, 0.1) is 17.6 Å². The number of nitrogens with two attached hydrogens (primary N) is 1. The Morgan fingerprint density at radius 2 is 2.00 bits per heavy atom. The molecule has 0 aliphatic heterocycles. The van der Waals surface area contributed by atoms with Crippen molar-refractivity contribution in [3.05, 3.63) is 17.7 Å². The molecule has 1 heterocycles. The third kappa shape index (κ3) is 4.02. The van der Waals surface area contributed by atoms with Crippen molar-refractivity contribution in [2.75, 3.05) is 17.9 Å². The minimum absolute atomic E-state index is 0.169. The highest BCUT2D eigenvalue weighted by Crippen LogP contribution is 2.20. The van der Waals surface area contributed by atoms with E-state index in [0.29, 0.717) is 12.5 Å². The summed E-state index contributed by atoms with van der Waals surface area (Å²) in [4.78, 5) is 15.3. The number of anilines is 2. The van der Waals surface area contributed by atoms with Gasteiger partial charge >= 0.3 is 5.97 Å². The monoisotopic (exact) mass is 288 g/mol. The van der Waals surface area contributed by atoms with E-state index < -0.39 is 23.6 Å². The van der Waals surface area contributed by atoms with Gasteiger partial charge in [0.05, 0.1) is 7.11 Å². The van der Waals surface area contributed by atoms with Crippen LogP contribution in [0.4, 0.5) is 20.4 Å². The number of nitrogens with zero attached hydrogens (tertiary/aromatic N) is 1. The van der Waals surface area contributed by atoms with E-state index in [-0.39, 0.29) is 17.6 Å². The third-order valence-corrected chi connectivity index (χ3v) is 2.57. The van der Waals surface area contributed by atoms with Crippen LogP contribution in [0.25, 0.3) is 0 Å². The first kappa shape index (κ1) is 16.1. The van der Waals surface area contributed by atoms with Gasteiger partial charge < -0.3 is 15.5 Å². The van der Waals surface area contributed by atoms with E-state index in [4.69, 9.17) is 5.84 Å². The predicted molar refractivity (Wildman–Crippen MR) is 70.8 cm³/mol. The van der Waals surface area contributed by atoms with Crippen LogP contribution < -0.4 is 16.6 Å². The van der Waals surface area contributed by atoms with E-state index in [9.17, 15) is 13.6 Å². The van der Waals surface area contributed by atoms with Crippen LogP contribution in [0.3, 0.4) is 0 Å². The first-order chi connectivity index (χ1) is 9.38. The largest absolute Gasteiger partial charge is 0.467 e. The highest BCUT2D eigenvalue weighted by molar-refractivity contribution is 5.78. The fourth-order valence-electron chi connectivity index (χ4n) is 1.66. The van der Waals surface area contributed by atoms with Crippen LogP contribution in [-0.2, 0) is 9.53 Å². The van der Waals surface area contributed by atoms with Crippen LogP contribution in [0.1, 0.15) is 20.3 Å². The summed E-state index contributed by atoms with van der Waals surface area (Å²) in [5.41, 5.74) is 2.01. The highest BCUT2D eigenvalue weighted by atomic mass is 19.1. The summed E-state index contributed by atoms with van der Waals surface area (Å²) in [6, 6.07) is -0.146. The quantitative estimate of drug-likeness (QED) is 0.419. The molecule has 0 fully saturated rings. The number of carbonyl (C=O) groups is 1. The Morgan fingerprint density at radius 1 is 1.40 bits per heavy atom. The second kappa shape index (κ2) is 6.99. The Labute approximate surface area is 115 Å². The zero-order valence-corrected chi connectivity index (χ0v) is 11.5. The SMILES string of the molecule is COC(=O)C(CC(C)C)Nc1nc(NN)c(F)cc1F. The summed E-state index contributed by atoms with van der Waals surface area (Å²) >= 11 is 0. The Hall–Kier alpha value is -1.96. The van der Waals surface area contributed by atoms with Crippen LogP contribution >= 0.6 is 0 Å². The van der Waals surface area contributed by atoms with Crippen molar-refractivity contribution in [1.82, 2.24) is 4.98 Å². The van der Waals surface area contributed by atoms with Gasteiger partial charge in [-0.05, 0) is 12.3 Å². The smallest absolute Gasteiger partial charge is 0.328 e. The van der Waals surface area contributed by atoms with Crippen molar-refractivity contribution >= 4 is 17.6 Å². The molecule has 0 saturated carbocycles. The van der Waals surface area contributed by atoms with Crippen molar-refractivity contribution in [2.45, 2.75) is 26.3 Å². The lowest BCUT2D eigenvalue weighted by Crippen LogP contribution is -2.33. The number of methoxy groups -OCH3 is 1. The minimum atomic E-state index is -0.922. The number of aromatic nitrogens is 1. The first-order valence-electron chi connectivity index (χ1n) is 6.06. The maximum atomic E-state index is 13.6. The van der Waals surface area contributed by atoms with Gasteiger partial charge in [0.15, 0.2) is 23.3 Å². The molecule has 1 rings (SSSR count). The molecule has 4 N–H and O–H groups in total. The van der Waals surface area contributed by atoms with E-state index in [1.807, 2.05) is 19.3 Å². The van der Waals surface area contributed by atoms with Crippen molar-refractivity contribution in [1.29, 1.82) is 0 Å². The number of hydrazine groups is 1. The second-order valence-electron chi connectivity index (χ2n) is 4.64. The van der Waals surface area contributed by atoms with Crippen molar-refractivity contribution in [3.63, 3.8) is 0 Å². The van der Waals surface area contributed by atoms with Gasteiger partial charge in [-0.2, -0.15) is 0 Å². The standard InChI is InChI=1S/C12H18F2N4O2/c1-6(2)4-9(12(19)20-3)16-10-7(13)5-8(14)11(17-10)18-15/h5-6,9H,4,15H2,1-3H3,(H2,16,17,18). The topological polar surface area (TPSA) is 89.3 Å². The molecule has 112 valence electrons. The zero-order valence-electron chi connectivity index (χ0n) is 11.5. The molecule has 1 aromatic heterocycles. The van der Waals surface area contributed by atoms with Crippen LogP contribution in [0.15, 0.2) is 6.07 Å². The fourth-order valence-corrected chi connectivity index (χ4v) is 1.66. The molecule has 6 nitrogen and oxygen atoms in total. The summed E-state index contributed by atoms with van der Waals surface area (Å²) in [7, 11) is 1.23. The van der Waals surface area contributed by atoms with Crippen LogP contribution in [-0.4, -0.2) is 24.1 Å². The van der Waals surface area contributed by atoms with Crippen LogP contribution in [0.2, 0.25) is 0 Å². The van der Waals surface area contributed by atoms with Gasteiger partial charge in [-0.15, -0.1) is 0 Å². The summed E-state index contributed by atoms with van der Waals surface area (Å²) in [5.74, 6) is 2.27. The highest BCUT2D eigenvalue weighted by Gasteiger charge is 2.23. The lowest BCUT2D eigenvalue weighted by molar-refractivity contribution is -0.141. The second-order valence-corrected chi connectivity index (χ2v) is 4.64. The molecule has 1 aromatic rings. The van der Waals surface area contributed by atoms with Gasteiger partial charge in [-0.25, -0.2) is 24.4 Å². The van der Waals surface area contributed by atoms with E-state index in [1.165, 1.54) is 7.11 Å². The maximum absolute atomic E-state index is 13.6. The Kier molecular flexibility index (Phi) is 5.63. The number of halogens is 2. The Bertz CT molecular complexity index is 483. The number of esters is 1. The van der Waals surface area contributed by atoms with Crippen molar-refractivity contribution in [3.8, 4) is 0 Å². The lowest BCUT2D eigenvalue weighted by atomic mass is 10.0. The molecule has 0 spiro atoms. The maximum Gasteiger partial charge on any atom is 0.328 e. The zero-order chi connectivity index (χ0) is 15.3. The Morgan fingerprint density at radius 3 is 2.50 bits per heavy atom. The molecule has 0 bridgehead atoms. The summed E-state index contributed by atoms with van der Waals surface area (Å²) in [6.45, 7) is 3.80. The van der Waals surface area contributed by atoms with Crippen molar-refractivity contribution in [2.24, 2.45) is 11.8 Å². The average molecular weight is 288 g/mol. The minimum Gasteiger partial charge on any atom is -0.467 e. The summed E-state index contributed by atoms with van der Waals surface area (Å²) in [5, 5.41) is 2.61. The van der Waals surface area contributed by atoms with Crippen LogP contribution in [0.5, 0.6) is 0 Å². The normalized spacial score (nSPS) is 12.2. The van der Waals surface area contributed by atoms with E-state index in [2.05, 4.69) is 15.0 Å². The predicted octanol–water partition coefficient (Wildman–Crippen LogP) is 1.64. The molecule has 0 saturated heterocycles. The number of hydrogen-bond acceptors (Lipinski definition) is 6. The number of rotatable bonds is 6. The molecule has 0 aliphatic carbocycles. The van der Waals surface area contributed by atoms with E-state index in [0.717, 1.165) is 0 Å². The average Bonchev–Trinajstić information content (AvgIpc) is 2.39. The summed E-state index contributed by atoms with van der Waals surface area (Å²) < 4.78 is 31.5. The molecular formula is C12H18F2N4O2. The molecular weight excluding hydrogens is 270 g/mol. The Balaban J connectivity index is 3.01. The number of ether oxygens (including phenoxy) is 1. The van der Waals surface area contributed by atoms with Gasteiger partial charge in [-0.3, -0.25) is 0 Å². The van der Waals surface area contributed by atoms with Gasteiger partial charge in [-0.1, -0.05) is 13.8 Å². The number of carbonyl (C=O) groups excluding carboxylic acids is 1. The lowest BCUT2D eigenvalue weighted by Gasteiger charge is -2.19. The van der Waals surface area contributed by atoms with Gasteiger partial charge in [0.1, 0.15) is 6.04 Å². The number of nitrogen functional groups attached to an aromatic ring is 1. The van der Waals surface area contributed by atoms with Gasteiger partial charge in [0.2, 0.25) is 0 Å².